The van der Waals surface area contributed by atoms with Gasteiger partial charge in [0.15, 0.2) is 5.96 Å². The van der Waals surface area contributed by atoms with Crippen LogP contribution < -0.4 is 15.4 Å². The van der Waals surface area contributed by atoms with Crippen LogP contribution >= 0.6 is 0 Å². The fraction of sp³-hybridized carbons (Fsp3) is 0.478. The smallest absolute Gasteiger partial charge is 0.191 e. The van der Waals surface area contributed by atoms with Gasteiger partial charge in [0.25, 0.3) is 0 Å². The third kappa shape index (κ3) is 6.75. The first kappa shape index (κ1) is 22.7. The molecule has 0 spiro atoms. The van der Waals surface area contributed by atoms with Gasteiger partial charge in [-0.3, -0.25) is 14.9 Å². The second-order valence-corrected chi connectivity index (χ2v) is 7.44. The maximum Gasteiger partial charge on any atom is 0.191 e. The summed E-state index contributed by atoms with van der Waals surface area (Å²) in [6.45, 7) is 8.71. The maximum absolute atomic E-state index is 5.49. The van der Waals surface area contributed by atoms with E-state index in [1.165, 1.54) is 5.56 Å². The van der Waals surface area contributed by atoms with Gasteiger partial charge in [0.1, 0.15) is 5.75 Å². The molecule has 0 fully saturated rings. The van der Waals surface area contributed by atoms with Crippen molar-refractivity contribution in [1.29, 1.82) is 0 Å². The molecule has 0 bridgehead atoms. The largest absolute Gasteiger partial charge is 0.496 e. The van der Waals surface area contributed by atoms with E-state index < -0.39 is 0 Å². The topological polar surface area (TPSA) is 61.8 Å². The summed E-state index contributed by atoms with van der Waals surface area (Å²) in [5.41, 5.74) is 4.41. The Labute approximate surface area is 175 Å². The highest BCUT2D eigenvalue weighted by atomic mass is 16.5. The third-order valence-corrected chi connectivity index (χ3v) is 5.28. The van der Waals surface area contributed by atoms with E-state index in [-0.39, 0.29) is 0 Å². The van der Waals surface area contributed by atoms with Crippen LogP contribution in [0.3, 0.4) is 0 Å². The lowest BCUT2D eigenvalue weighted by Crippen LogP contribution is -2.40. The minimum Gasteiger partial charge on any atom is -0.496 e. The molecule has 0 saturated heterocycles. The van der Waals surface area contributed by atoms with Crippen molar-refractivity contribution in [2.75, 3.05) is 27.7 Å². The van der Waals surface area contributed by atoms with E-state index in [2.05, 4.69) is 69.8 Å². The molecule has 1 heterocycles. The van der Waals surface area contributed by atoms with Gasteiger partial charge in [-0.15, -0.1) is 0 Å². The molecule has 2 aromatic rings. The average Bonchev–Trinajstić information content (AvgIpc) is 2.72. The zero-order chi connectivity index (χ0) is 21.2. The lowest BCUT2D eigenvalue weighted by Gasteiger charge is -2.25. The SMILES string of the molecule is CN=C(NCCC(C)N(C)Cc1ccccc1)NCc1ncc(C)c(OC)c1C. The van der Waals surface area contributed by atoms with E-state index >= 15 is 0 Å². The average molecular weight is 398 g/mol. The Morgan fingerprint density at radius 1 is 1.21 bits per heavy atom. The summed E-state index contributed by atoms with van der Waals surface area (Å²) in [5.74, 6) is 1.68. The molecule has 1 aromatic carbocycles. The Balaban J connectivity index is 1.79. The summed E-state index contributed by atoms with van der Waals surface area (Å²) >= 11 is 0. The van der Waals surface area contributed by atoms with E-state index in [4.69, 9.17) is 4.74 Å². The van der Waals surface area contributed by atoms with Crippen molar-refractivity contribution in [1.82, 2.24) is 20.5 Å². The summed E-state index contributed by atoms with van der Waals surface area (Å²) in [6.07, 6.45) is 2.88. The molecule has 1 aromatic heterocycles. The van der Waals surface area contributed by atoms with Crippen molar-refractivity contribution < 1.29 is 4.74 Å². The number of aromatic nitrogens is 1. The van der Waals surface area contributed by atoms with Gasteiger partial charge in [0, 0.05) is 43.5 Å². The van der Waals surface area contributed by atoms with Crippen LogP contribution in [0.2, 0.25) is 0 Å². The van der Waals surface area contributed by atoms with Gasteiger partial charge in [0.05, 0.1) is 19.3 Å². The van der Waals surface area contributed by atoms with Gasteiger partial charge in [0.2, 0.25) is 0 Å². The Kier molecular flexibility index (Phi) is 8.93. The van der Waals surface area contributed by atoms with Gasteiger partial charge in [-0.25, -0.2) is 0 Å². The molecular weight excluding hydrogens is 362 g/mol. The number of aliphatic imine (C=N–C) groups is 1. The molecule has 2 rings (SSSR count). The van der Waals surface area contributed by atoms with Crippen molar-refractivity contribution in [3.05, 3.63) is 58.9 Å². The second kappa shape index (κ2) is 11.4. The monoisotopic (exact) mass is 397 g/mol. The van der Waals surface area contributed by atoms with E-state index in [0.29, 0.717) is 12.6 Å². The van der Waals surface area contributed by atoms with Crippen molar-refractivity contribution in [3.63, 3.8) is 0 Å². The standard InChI is InChI=1S/C23H35N5O/c1-17-14-26-21(19(3)22(17)29-6)15-27-23(24-4)25-13-12-18(2)28(5)16-20-10-8-7-9-11-20/h7-11,14,18H,12-13,15-16H2,1-6H3,(H2,24,25,27). The molecule has 0 amide bonds. The number of pyridine rings is 1. The normalized spacial score (nSPS) is 12.7. The Morgan fingerprint density at radius 3 is 2.59 bits per heavy atom. The maximum atomic E-state index is 5.49. The van der Waals surface area contributed by atoms with Gasteiger partial charge < -0.3 is 15.4 Å². The highest BCUT2D eigenvalue weighted by Gasteiger charge is 2.11. The molecule has 1 unspecified atom stereocenters. The van der Waals surface area contributed by atoms with E-state index in [1.54, 1.807) is 14.2 Å². The molecule has 6 heteroatoms. The lowest BCUT2D eigenvalue weighted by atomic mass is 10.1. The van der Waals surface area contributed by atoms with Crippen LogP contribution in [0.5, 0.6) is 5.75 Å². The number of guanidine groups is 1. The third-order valence-electron chi connectivity index (χ3n) is 5.28. The number of rotatable bonds is 9. The zero-order valence-electron chi connectivity index (χ0n) is 18.6. The number of benzene rings is 1. The van der Waals surface area contributed by atoms with Gasteiger partial charge in [-0.2, -0.15) is 0 Å². The molecule has 2 N–H and O–H groups in total. The van der Waals surface area contributed by atoms with Crippen LogP contribution in [0, 0.1) is 13.8 Å². The summed E-state index contributed by atoms with van der Waals surface area (Å²) in [7, 11) is 5.66. The number of nitrogens with zero attached hydrogens (tertiary/aromatic N) is 3. The van der Waals surface area contributed by atoms with Crippen molar-refractivity contribution in [2.24, 2.45) is 4.99 Å². The molecule has 6 nitrogen and oxygen atoms in total. The first-order valence-electron chi connectivity index (χ1n) is 10.1. The number of ether oxygens (including phenoxy) is 1. The van der Waals surface area contributed by atoms with E-state index in [9.17, 15) is 0 Å². The number of nitrogens with one attached hydrogen (secondary N) is 2. The number of hydrogen-bond donors (Lipinski definition) is 2. The Hall–Kier alpha value is -2.60. The second-order valence-electron chi connectivity index (χ2n) is 7.44. The predicted octanol–water partition coefficient (Wildman–Crippen LogP) is 3.28. The van der Waals surface area contributed by atoms with Crippen LogP contribution in [-0.4, -0.2) is 49.6 Å². The fourth-order valence-electron chi connectivity index (χ4n) is 3.28. The molecule has 0 aliphatic heterocycles. The van der Waals surface area contributed by atoms with Gasteiger partial charge in [-0.05, 0) is 39.8 Å². The van der Waals surface area contributed by atoms with Crippen molar-refractivity contribution >= 4 is 5.96 Å². The minimum atomic E-state index is 0.464. The molecule has 158 valence electrons. The molecular formula is C23H35N5O. The summed E-state index contributed by atoms with van der Waals surface area (Å²) in [6, 6.07) is 11.0. The fourth-order valence-corrected chi connectivity index (χ4v) is 3.28. The predicted molar refractivity (Wildman–Crippen MR) is 120 cm³/mol. The highest BCUT2D eigenvalue weighted by molar-refractivity contribution is 5.79. The summed E-state index contributed by atoms with van der Waals surface area (Å²) in [5, 5.41) is 6.75. The number of methoxy groups -OCH3 is 1. The first-order chi connectivity index (χ1) is 14.0. The molecule has 0 aliphatic carbocycles. The summed E-state index contributed by atoms with van der Waals surface area (Å²) < 4.78 is 5.49. The summed E-state index contributed by atoms with van der Waals surface area (Å²) in [4.78, 5) is 11.2. The van der Waals surface area contributed by atoms with Gasteiger partial charge in [-0.1, -0.05) is 30.3 Å². The first-order valence-corrected chi connectivity index (χ1v) is 10.1. The molecule has 29 heavy (non-hydrogen) atoms. The molecule has 0 radical (unpaired) electrons. The van der Waals surface area contributed by atoms with Crippen LogP contribution in [-0.2, 0) is 13.1 Å². The highest BCUT2D eigenvalue weighted by Crippen LogP contribution is 2.23. The van der Waals surface area contributed by atoms with Crippen LogP contribution in [0.1, 0.15) is 35.7 Å². The Morgan fingerprint density at radius 2 is 1.93 bits per heavy atom. The van der Waals surface area contributed by atoms with Crippen LogP contribution in [0.4, 0.5) is 0 Å². The molecule has 1 atom stereocenters. The van der Waals surface area contributed by atoms with Crippen molar-refractivity contribution in [3.8, 4) is 5.75 Å². The van der Waals surface area contributed by atoms with Crippen molar-refractivity contribution in [2.45, 2.75) is 46.3 Å². The minimum absolute atomic E-state index is 0.464. The number of hydrogen-bond acceptors (Lipinski definition) is 4. The molecule has 0 saturated carbocycles. The lowest BCUT2D eigenvalue weighted by molar-refractivity contribution is 0.238. The zero-order valence-corrected chi connectivity index (χ0v) is 18.6. The van der Waals surface area contributed by atoms with Crippen LogP contribution in [0.25, 0.3) is 0 Å². The van der Waals surface area contributed by atoms with Gasteiger partial charge >= 0.3 is 0 Å². The number of aryl methyl sites for hydroxylation is 1. The van der Waals surface area contributed by atoms with Crippen LogP contribution in [0.15, 0.2) is 41.5 Å². The Bertz CT molecular complexity index is 791. The van der Waals surface area contributed by atoms with E-state index in [0.717, 1.165) is 48.0 Å². The van der Waals surface area contributed by atoms with E-state index in [1.807, 2.05) is 20.0 Å². The molecule has 0 aliphatic rings. The quantitative estimate of drug-likeness (QED) is 0.502.